The highest BCUT2D eigenvalue weighted by atomic mass is 16.5. The Kier molecular flexibility index (Phi) is 64.5. The Hall–Kier alpha value is -2.18. The van der Waals surface area contributed by atoms with Crippen LogP contribution in [0, 0.1) is 0 Å². The molecule has 6 heteroatoms. The third kappa shape index (κ3) is 62.9. The van der Waals surface area contributed by atoms with Gasteiger partial charge in [0.15, 0.2) is 0 Å². The Morgan fingerprint density at radius 3 is 1.03 bits per heavy atom. The molecular weight excluding hydrogens is 947 g/mol. The summed E-state index contributed by atoms with van der Waals surface area (Å²) < 4.78 is 5.50. The average Bonchev–Trinajstić information content (AvgIpc) is 3.43. The Morgan fingerprint density at radius 1 is 0.364 bits per heavy atom. The van der Waals surface area contributed by atoms with Gasteiger partial charge in [0.1, 0.15) is 0 Å². The van der Waals surface area contributed by atoms with E-state index in [-0.39, 0.29) is 18.5 Å². The number of rotatable bonds is 64. The predicted octanol–water partition coefficient (Wildman–Crippen LogP) is 22.1. The normalized spacial score (nSPS) is 12.8. The second kappa shape index (κ2) is 66.3. The van der Waals surface area contributed by atoms with Crippen LogP contribution in [0.3, 0.4) is 0 Å². The molecule has 0 rings (SSSR count). The van der Waals surface area contributed by atoms with E-state index >= 15 is 0 Å². The smallest absolute Gasteiger partial charge is 0.305 e. The first-order valence-electron chi connectivity index (χ1n) is 34.4. The molecule has 0 aromatic rings. The Bertz CT molecular complexity index is 1290. The van der Waals surface area contributed by atoms with E-state index in [2.05, 4.69) is 55.6 Å². The molecule has 0 heterocycles. The van der Waals surface area contributed by atoms with Crippen LogP contribution in [0.1, 0.15) is 367 Å². The number of allylic oxidation sites excluding steroid dienone is 7. The lowest BCUT2D eigenvalue weighted by Gasteiger charge is -2.20. The lowest BCUT2D eigenvalue weighted by molar-refractivity contribution is -0.143. The summed E-state index contributed by atoms with van der Waals surface area (Å²) in [4.78, 5) is 24.6. The molecule has 0 aromatic carbocycles. The molecule has 2 unspecified atom stereocenters. The molecule has 0 aliphatic heterocycles. The SMILES string of the molecule is CCCCC/C=C\C/C=C\CCCCCCCCCCCC(=O)OCCCCCCCCCCCCCC/C=C\CCCCCCCCCCC(=O)NC(CO)C(O)/C=C/CCCCCCCCCCCCCCCCC. The summed E-state index contributed by atoms with van der Waals surface area (Å²) in [5.74, 6) is -0.0622. The molecule has 0 saturated heterocycles. The molecule has 0 fully saturated rings. The minimum atomic E-state index is -0.848. The molecule has 0 radical (unpaired) electrons. The summed E-state index contributed by atoms with van der Waals surface area (Å²) >= 11 is 0. The molecular formula is C71H133NO5. The zero-order chi connectivity index (χ0) is 55.7. The molecule has 1 amide bonds. The maximum Gasteiger partial charge on any atom is 0.305 e. The van der Waals surface area contributed by atoms with Crippen LogP contribution in [0.25, 0.3) is 0 Å². The van der Waals surface area contributed by atoms with Crippen LogP contribution in [0.4, 0.5) is 0 Å². The molecule has 0 aliphatic carbocycles. The average molecular weight is 1080 g/mol. The molecule has 6 nitrogen and oxygen atoms in total. The molecule has 0 spiro atoms. The molecule has 0 aliphatic rings. The molecule has 2 atom stereocenters. The number of nitrogens with one attached hydrogen (secondary N) is 1. The first kappa shape index (κ1) is 74.8. The van der Waals surface area contributed by atoms with Crippen molar-refractivity contribution >= 4 is 11.9 Å². The largest absolute Gasteiger partial charge is 0.466 e. The topological polar surface area (TPSA) is 95.9 Å². The lowest BCUT2D eigenvalue weighted by Crippen LogP contribution is -2.45. The van der Waals surface area contributed by atoms with Crippen molar-refractivity contribution in [1.29, 1.82) is 0 Å². The molecule has 3 N–H and O–H groups in total. The summed E-state index contributed by atoms with van der Waals surface area (Å²) in [5, 5.41) is 23.2. The standard InChI is InChI=1S/C71H133NO5/c1-3-5-7-9-11-13-15-17-19-21-28-33-37-41-45-49-53-57-61-65-71(76)77-66-62-58-54-50-46-42-38-34-30-27-25-23-22-24-26-29-32-36-40-44-48-52-56-60-64-70(75)72-68(67-73)69(74)63-59-55-51-47-43-39-35-31-20-18-16-14-12-10-8-6-4-2/h11,13,17,19,24,26,59,63,68-69,73-74H,3-10,12,14-16,18,20-23,25,27-58,60-62,64-67H2,1-2H3,(H,72,75)/b13-11-,19-17-,26-24-,63-59+. The fourth-order valence-corrected chi connectivity index (χ4v) is 10.5. The zero-order valence-electron chi connectivity index (χ0n) is 51.7. The third-order valence-electron chi connectivity index (χ3n) is 15.8. The van der Waals surface area contributed by atoms with Crippen molar-refractivity contribution in [3.8, 4) is 0 Å². The minimum absolute atomic E-state index is 0.00839. The number of carbonyl (C=O) groups excluding carboxylic acids is 2. The van der Waals surface area contributed by atoms with Crippen LogP contribution in [-0.2, 0) is 14.3 Å². The number of amides is 1. The van der Waals surface area contributed by atoms with E-state index < -0.39 is 12.1 Å². The van der Waals surface area contributed by atoms with Gasteiger partial charge in [0.25, 0.3) is 0 Å². The Morgan fingerprint density at radius 2 is 0.649 bits per heavy atom. The Balaban J connectivity index is 3.42. The van der Waals surface area contributed by atoms with Gasteiger partial charge >= 0.3 is 5.97 Å². The fraction of sp³-hybridized carbons (Fsp3) is 0.859. The number of carbonyl (C=O) groups is 2. The van der Waals surface area contributed by atoms with Gasteiger partial charge < -0.3 is 20.3 Å². The van der Waals surface area contributed by atoms with Gasteiger partial charge in [-0.15, -0.1) is 0 Å². The maximum absolute atomic E-state index is 12.5. The first-order valence-corrected chi connectivity index (χ1v) is 34.4. The number of unbranched alkanes of at least 4 members (excludes halogenated alkanes) is 47. The van der Waals surface area contributed by atoms with E-state index in [1.165, 1.54) is 289 Å². The van der Waals surface area contributed by atoms with Crippen LogP contribution in [0.2, 0.25) is 0 Å². The summed E-state index contributed by atoms with van der Waals surface area (Å²) in [6.45, 7) is 4.90. The van der Waals surface area contributed by atoms with Gasteiger partial charge in [0, 0.05) is 12.8 Å². The van der Waals surface area contributed by atoms with Crippen molar-refractivity contribution in [1.82, 2.24) is 5.32 Å². The first-order chi connectivity index (χ1) is 38.0. The molecule has 77 heavy (non-hydrogen) atoms. The fourth-order valence-electron chi connectivity index (χ4n) is 10.5. The minimum Gasteiger partial charge on any atom is -0.466 e. The quantitative estimate of drug-likeness (QED) is 0.0320. The number of aliphatic hydroxyl groups is 2. The molecule has 452 valence electrons. The Labute approximate surface area is 480 Å². The van der Waals surface area contributed by atoms with E-state index in [1.807, 2.05) is 6.08 Å². The van der Waals surface area contributed by atoms with Gasteiger partial charge in [-0.2, -0.15) is 0 Å². The van der Waals surface area contributed by atoms with Crippen molar-refractivity contribution < 1.29 is 24.5 Å². The molecule has 0 bridgehead atoms. The van der Waals surface area contributed by atoms with Gasteiger partial charge in [-0.25, -0.2) is 0 Å². The monoisotopic (exact) mass is 1080 g/mol. The van der Waals surface area contributed by atoms with Crippen LogP contribution >= 0.6 is 0 Å². The molecule has 0 saturated carbocycles. The van der Waals surface area contributed by atoms with Crippen molar-refractivity contribution in [3.05, 3.63) is 48.6 Å². The second-order valence-electron chi connectivity index (χ2n) is 23.5. The number of ether oxygens (including phenoxy) is 1. The van der Waals surface area contributed by atoms with E-state index in [4.69, 9.17) is 4.74 Å². The van der Waals surface area contributed by atoms with E-state index in [0.717, 1.165) is 51.4 Å². The van der Waals surface area contributed by atoms with Gasteiger partial charge in [-0.05, 0) is 89.9 Å². The highest BCUT2D eigenvalue weighted by molar-refractivity contribution is 5.76. The van der Waals surface area contributed by atoms with Crippen molar-refractivity contribution in [2.24, 2.45) is 0 Å². The summed E-state index contributed by atoms with van der Waals surface area (Å²) in [5.41, 5.74) is 0. The number of aliphatic hydroxyl groups excluding tert-OH is 2. The van der Waals surface area contributed by atoms with Crippen LogP contribution in [0.15, 0.2) is 48.6 Å². The number of hydrogen-bond donors (Lipinski definition) is 3. The van der Waals surface area contributed by atoms with E-state index in [9.17, 15) is 19.8 Å². The van der Waals surface area contributed by atoms with Crippen LogP contribution in [-0.4, -0.2) is 47.4 Å². The summed E-state index contributed by atoms with van der Waals surface area (Å²) in [7, 11) is 0. The van der Waals surface area contributed by atoms with Crippen molar-refractivity contribution in [2.75, 3.05) is 13.2 Å². The van der Waals surface area contributed by atoms with E-state index in [1.54, 1.807) is 6.08 Å². The van der Waals surface area contributed by atoms with Gasteiger partial charge in [0.2, 0.25) is 5.91 Å². The van der Waals surface area contributed by atoms with Gasteiger partial charge in [-0.1, -0.05) is 313 Å². The number of hydrogen-bond acceptors (Lipinski definition) is 5. The zero-order valence-corrected chi connectivity index (χ0v) is 51.7. The maximum atomic E-state index is 12.5. The summed E-state index contributed by atoms with van der Waals surface area (Å²) in [6.07, 6.45) is 86.0. The predicted molar refractivity (Wildman–Crippen MR) is 338 cm³/mol. The van der Waals surface area contributed by atoms with Crippen LogP contribution < -0.4 is 5.32 Å². The van der Waals surface area contributed by atoms with Crippen molar-refractivity contribution in [3.63, 3.8) is 0 Å². The van der Waals surface area contributed by atoms with E-state index in [0.29, 0.717) is 19.4 Å². The lowest BCUT2D eigenvalue weighted by atomic mass is 10.0. The molecule has 0 aromatic heterocycles. The summed E-state index contributed by atoms with van der Waals surface area (Å²) in [6, 6.07) is -0.632. The van der Waals surface area contributed by atoms with Crippen molar-refractivity contribution in [2.45, 2.75) is 379 Å². The highest BCUT2D eigenvalue weighted by Crippen LogP contribution is 2.18. The van der Waals surface area contributed by atoms with Crippen LogP contribution in [0.5, 0.6) is 0 Å². The third-order valence-corrected chi connectivity index (χ3v) is 15.8. The second-order valence-corrected chi connectivity index (χ2v) is 23.5. The van der Waals surface area contributed by atoms with Gasteiger partial charge in [0.05, 0.1) is 25.4 Å². The number of esters is 1. The highest BCUT2D eigenvalue weighted by Gasteiger charge is 2.18. The van der Waals surface area contributed by atoms with Gasteiger partial charge in [-0.3, -0.25) is 9.59 Å².